The van der Waals surface area contributed by atoms with Gasteiger partial charge in [-0.25, -0.2) is 0 Å². The van der Waals surface area contributed by atoms with Crippen LogP contribution in [0.25, 0.3) is 0 Å². The van der Waals surface area contributed by atoms with Crippen LogP contribution in [-0.2, 0) is 11.2 Å². The molecular formula is C17H20N2O2. The summed E-state index contributed by atoms with van der Waals surface area (Å²) in [4.78, 5) is 17.0. The molecule has 0 aliphatic heterocycles. The Labute approximate surface area is 125 Å². The van der Waals surface area contributed by atoms with E-state index in [0.29, 0.717) is 6.54 Å². The summed E-state index contributed by atoms with van der Waals surface area (Å²) >= 11 is 0. The number of carboxylic acid groups (broad SMARTS) is 1. The number of aryl methyl sites for hydroxylation is 1. The number of carboxylic acids is 1. The van der Waals surface area contributed by atoms with Gasteiger partial charge in [-0.1, -0.05) is 17.7 Å². The van der Waals surface area contributed by atoms with Gasteiger partial charge in [0, 0.05) is 31.2 Å². The van der Waals surface area contributed by atoms with Gasteiger partial charge < -0.3 is 10.0 Å². The van der Waals surface area contributed by atoms with Crippen LogP contribution in [0.2, 0.25) is 0 Å². The molecule has 110 valence electrons. The van der Waals surface area contributed by atoms with Crippen LogP contribution in [0.1, 0.15) is 17.5 Å². The van der Waals surface area contributed by atoms with E-state index in [9.17, 15) is 4.79 Å². The minimum absolute atomic E-state index is 0.143. The predicted molar refractivity (Wildman–Crippen MR) is 83.6 cm³/mol. The number of aliphatic carboxylic acids is 1. The highest BCUT2D eigenvalue weighted by molar-refractivity contribution is 5.67. The van der Waals surface area contributed by atoms with Crippen molar-refractivity contribution in [2.75, 3.05) is 18.0 Å². The van der Waals surface area contributed by atoms with Crippen molar-refractivity contribution in [3.8, 4) is 0 Å². The molecule has 0 atom stereocenters. The van der Waals surface area contributed by atoms with Gasteiger partial charge in [0.25, 0.3) is 0 Å². The minimum atomic E-state index is -0.768. The Hall–Kier alpha value is -2.36. The highest BCUT2D eigenvalue weighted by Crippen LogP contribution is 2.16. The molecule has 0 saturated heterocycles. The molecular weight excluding hydrogens is 264 g/mol. The average molecular weight is 284 g/mol. The van der Waals surface area contributed by atoms with E-state index in [2.05, 4.69) is 22.0 Å². The molecule has 21 heavy (non-hydrogen) atoms. The summed E-state index contributed by atoms with van der Waals surface area (Å²) in [5.74, 6) is -0.768. The summed E-state index contributed by atoms with van der Waals surface area (Å²) in [5.41, 5.74) is 3.47. The van der Waals surface area contributed by atoms with Crippen molar-refractivity contribution in [1.82, 2.24) is 4.98 Å². The molecule has 1 N–H and O–H groups in total. The van der Waals surface area contributed by atoms with E-state index in [0.717, 1.165) is 18.7 Å². The minimum Gasteiger partial charge on any atom is -0.481 e. The van der Waals surface area contributed by atoms with Crippen molar-refractivity contribution in [2.45, 2.75) is 19.8 Å². The SMILES string of the molecule is Cc1ccc(N(CCC(=O)O)CCc2ccncc2)cc1. The van der Waals surface area contributed by atoms with Gasteiger partial charge in [-0.05, 0) is 43.2 Å². The molecule has 1 heterocycles. The Morgan fingerprint density at radius 1 is 1.10 bits per heavy atom. The molecule has 0 aliphatic carbocycles. The Bertz CT molecular complexity index is 567. The molecule has 0 saturated carbocycles. The second-order valence-corrected chi connectivity index (χ2v) is 5.07. The van der Waals surface area contributed by atoms with E-state index in [1.54, 1.807) is 12.4 Å². The molecule has 0 radical (unpaired) electrons. The lowest BCUT2D eigenvalue weighted by molar-refractivity contribution is -0.136. The quantitative estimate of drug-likeness (QED) is 0.849. The van der Waals surface area contributed by atoms with Gasteiger partial charge in [0.05, 0.1) is 6.42 Å². The fourth-order valence-corrected chi connectivity index (χ4v) is 2.17. The standard InChI is InChI=1S/C17H20N2O2/c1-14-2-4-16(5-3-14)19(13-9-17(20)21)12-8-15-6-10-18-11-7-15/h2-7,10-11H,8-9,12-13H2,1H3,(H,20,21). The van der Waals surface area contributed by atoms with Crippen LogP contribution in [-0.4, -0.2) is 29.1 Å². The highest BCUT2D eigenvalue weighted by Gasteiger charge is 2.09. The molecule has 1 aromatic carbocycles. The number of aromatic nitrogens is 1. The van der Waals surface area contributed by atoms with Crippen LogP contribution in [0.15, 0.2) is 48.8 Å². The van der Waals surface area contributed by atoms with Crippen LogP contribution < -0.4 is 4.90 Å². The zero-order valence-corrected chi connectivity index (χ0v) is 12.2. The molecule has 0 aliphatic rings. The number of benzene rings is 1. The highest BCUT2D eigenvalue weighted by atomic mass is 16.4. The fourth-order valence-electron chi connectivity index (χ4n) is 2.17. The largest absolute Gasteiger partial charge is 0.481 e. The number of carbonyl (C=O) groups is 1. The van der Waals surface area contributed by atoms with Gasteiger partial charge >= 0.3 is 5.97 Å². The van der Waals surface area contributed by atoms with Gasteiger partial charge in [0.1, 0.15) is 0 Å². The third-order valence-electron chi connectivity index (χ3n) is 3.41. The van der Waals surface area contributed by atoms with Crippen LogP contribution >= 0.6 is 0 Å². The molecule has 0 amide bonds. The predicted octanol–water partition coefficient (Wildman–Crippen LogP) is 2.91. The lowest BCUT2D eigenvalue weighted by atomic mass is 10.1. The molecule has 2 aromatic rings. The van der Waals surface area contributed by atoms with Crippen LogP contribution in [0.5, 0.6) is 0 Å². The first-order valence-electron chi connectivity index (χ1n) is 7.07. The fraction of sp³-hybridized carbons (Fsp3) is 0.294. The lowest BCUT2D eigenvalue weighted by Crippen LogP contribution is -2.28. The van der Waals surface area contributed by atoms with Gasteiger partial charge in [0.2, 0.25) is 0 Å². The molecule has 0 fully saturated rings. The Kier molecular flexibility index (Phi) is 5.32. The maximum Gasteiger partial charge on any atom is 0.305 e. The summed E-state index contributed by atoms with van der Waals surface area (Å²) in [6.07, 6.45) is 4.58. The number of rotatable bonds is 7. The first-order valence-corrected chi connectivity index (χ1v) is 7.07. The Morgan fingerprint density at radius 3 is 2.38 bits per heavy atom. The second-order valence-electron chi connectivity index (χ2n) is 5.07. The van der Waals surface area contributed by atoms with E-state index in [1.165, 1.54) is 11.1 Å². The first-order chi connectivity index (χ1) is 10.1. The van der Waals surface area contributed by atoms with Crippen molar-refractivity contribution in [3.63, 3.8) is 0 Å². The van der Waals surface area contributed by atoms with Crippen molar-refractivity contribution < 1.29 is 9.90 Å². The summed E-state index contributed by atoms with van der Waals surface area (Å²) in [5, 5.41) is 8.90. The summed E-state index contributed by atoms with van der Waals surface area (Å²) in [7, 11) is 0. The number of anilines is 1. The lowest BCUT2D eigenvalue weighted by Gasteiger charge is -2.24. The molecule has 4 heteroatoms. The number of nitrogens with zero attached hydrogens (tertiary/aromatic N) is 2. The third-order valence-corrected chi connectivity index (χ3v) is 3.41. The first kappa shape index (κ1) is 15.0. The number of pyridine rings is 1. The molecule has 1 aromatic heterocycles. The molecule has 2 rings (SSSR count). The average Bonchev–Trinajstić information content (AvgIpc) is 2.49. The third kappa shape index (κ3) is 4.91. The van der Waals surface area contributed by atoms with E-state index < -0.39 is 5.97 Å². The smallest absolute Gasteiger partial charge is 0.305 e. The van der Waals surface area contributed by atoms with Gasteiger partial charge in [0.15, 0.2) is 0 Å². The zero-order chi connectivity index (χ0) is 15.1. The normalized spacial score (nSPS) is 10.3. The topological polar surface area (TPSA) is 53.4 Å². The summed E-state index contributed by atoms with van der Waals surface area (Å²) in [6.45, 7) is 3.35. The monoisotopic (exact) mass is 284 g/mol. The van der Waals surface area contributed by atoms with E-state index in [-0.39, 0.29) is 6.42 Å². The Morgan fingerprint density at radius 2 is 1.76 bits per heavy atom. The summed E-state index contributed by atoms with van der Waals surface area (Å²) < 4.78 is 0. The van der Waals surface area contributed by atoms with Crippen LogP contribution in [0.3, 0.4) is 0 Å². The van der Waals surface area contributed by atoms with Crippen molar-refractivity contribution >= 4 is 11.7 Å². The van der Waals surface area contributed by atoms with Crippen molar-refractivity contribution in [2.24, 2.45) is 0 Å². The second kappa shape index (κ2) is 7.43. The van der Waals surface area contributed by atoms with Crippen LogP contribution in [0.4, 0.5) is 5.69 Å². The maximum atomic E-state index is 10.8. The van der Waals surface area contributed by atoms with Gasteiger partial charge in [-0.15, -0.1) is 0 Å². The Balaban J connectivity index is 2.04. The molecule has 0 unspecified atom stereocenters. The number of hydrogen-bond acceptors (Lipinski definition) is 3. The summed E-state index contributed by atoms with van der Waals surface area (Å²) in [6, 6.07) is 12.2. The zero-order valence-electron chi connectivity index (χ0n) is 12.2. The van der Waals surface area contributed by atoms with Gasteiger partial charge in [-0.2, -0.15) is 0 Å². The van der Waals surface area contributed by atoms with Crippen molar-refractivity contribution in [3.05, 3.63) is 59.9 Å². The van der Waals surface area contributed by atoms with E-state index in [1.807, 2.05) is 31.2 Å². The molecule has 0 spiro atoms. The molecule has 0 bridgehead atoms. The van der Waals surface area contributed by atoms with Crippen molar-refractivity contribution in [1.29, 1.82) is 0 Å². The van der Waals surface area contributed by atoms with E-state index in [4.69, 9.17) is 5.11 Å². The molecule has 4 nitrogen and oxygen atoms in total. The van der Waals surface area contributed by atoms with Gasteiger partial charge in [-0.3, -0.25) is 9.78 Å². The number of hydrogen-bond donors (Lipinski definition) is 1. The maximum absolute atomic E-state index is 10.8. The van der Waals surface area contributed by atoms with E-state index >= 15 is 0 Å². The van der Waals surface area contributed by atoms with Crippen LogP contribution in [0, 0.1) is 6.92 Å².